The fourth-order valence-electron chi connectivity index (χ4n) is 2.88. The Kier molecular flexibility index (Phi) is 3.61. The molecule has 1 aromatic carbocycles. The molecule has 1 fully saturated rings. The largest absolute Gasteiger partial charge is 0.494 e. The molecule has 0 amide bonds. The van der Waals surface area contributed by atoms with Crippen molar-refractivity contribution in [3.8, 4) is 5.75 Å². The lowest BCUT2D eigenvalue weighted by atomic mass is 9.78. The summed E-state index contributed by atoms with van der Waals surface area (Å²) in [5.74, 6) is 0.975. The highest BCUT2D eigenvalue weighted by Crippen LogP contribution is 2.38. The van der Waals surface area contributed by atoms with E-state index < -0.39 is 0 Å². The summed E-state index contributed by atoms with van der Waals surface area (Å²) in [4.78, 5) is 0. The van der Waals surface area contributed by atoms with E-state index in [0.717, 1.165) is 37.8 Å². The molecule has 0 unspecified atom stereocenters. The number of allylic oxidation sites excluding steroid dienone is 2. The van der Waals surface area contributed by atoms with Crippen LogP contribution in [0.15, 0.2) is 36.4 Å². The number of hydrogen-bond donors (Lipinski definition) is 1. The zero-order valence-electron chi connectivity index (χ0n) is 11.7. The van der Waals surface area contributed by atoms with Gasteiger partial charge in [-0.25, -0.2) is 0 Å². The fourth-order valence-corrected chi connectivity index (χ4v) is 2.88. The first-order chi connectivity index (χ1) is 9.32. The van der Waals surface area contributed by atoms with Crippen molar-refractivity contribution < 1.29 is 4.74 Å². The van der Waals surface area contributed by atoms with Crippen molar-refractivity contribution in [2.45, 2.75) is 44.1 Å². The molecule has 0 bridgehead atoms. The Hall–Kier alpha value is -1.28. The van der Waals surface area contributed by atoms with Gasteiger partial charge in [-0.15, -0.1) is 0 Å². The zero-order valence-corrected chi connectivity index (χ0v) is 11.7. The van der Waals surface area contributed by atoms with Crippen LogP contribution >= 0.6 is 0 Å². The zero-order chi connectivity index (χ0) is 13.1. The highest BCUT2D eigenvalue weighted by molar-refractivity contribution is 5.35. The molecule has 0 atom stereocenters. The van der Waals surface area contributed by atoms with Crippen molar-refractivity contribution >= 4 is 0 Å². The summed E-state index contributed by atoms with van der Waals surface area (Å²) in [6, 6.07) is 9.48. The molecule has 0 heterocycles. The lowest BCUT2D eigenvalue weighted by Crippen LogP contribution is -2.37. The van der Waals surface area contributed by atoms with E-state index in [9.17, 15) is 0 Å². The van der Waals surface area contributed by atoms with Gasteiger partial charge in [0.2, 0.25) is 0 Å². The van der Waals surface area contributed by atoms with E-state index in [4.69, 9.17) is 4.74 Å². The Bertz CT molecular complexity index is 437. The Labute approximate surface area is 115 Å². The molecular formula is C17H23NO. The molecule has 0 saturated heterocycles. The standard InChI is InChI=1S/C17H23NO/c1-2-19-16-9-5-14(6-10-16)17(11-3-4-12-17)13-18-15-7-8-15/h3-6,9-10,15,18H,2,7-8,11-13H2,1H3. The SMILES string of the molecule is CCOc1ccc(C2(CNC3CC3)CC=CC2)cc1. The lowest BCUT2D eigenvalue weighted by Gasteiger charge is -2.30. The van der Waals surface area contributed by atoms with Crippen molar-refractivity contribution in [2.24, 2.45) is 0 Å². The minimum atomic E-state index is 0.271. The number of nitrogens with one attached hydrogen (secondary N) is 1. The fraction of sp³-hybridized carbons (Fsp3) is 0.529. The van der Waals surface area contributed by atoms with Crippen molar-refractivity contribution in [1.29, 1.82) is 0 Å². The average molecular weight is 257 g/mol. The third kappa shape index (κ3) is 2.84. The summed E-state index contributed by atoms with van der Waals surface area (Å²) in [5, 5.41) is 3.71. The topological polar surface area (TPSA) is 21.3 Å². The van der Waals surface area contributed by atoms with Gasteiger partial charge in [-0.05, 0) is 50.3 Å². The molecule has 19 heavy (non-hydrogen) atoms. The second-order valence-corrected chi connectivity index (χ2v) is 5.77. The minimum absolute atomic E-state index is 0.271. The van der Waals surface area contributed by atoms with E-state index in [-0.39, 0.29) is 5.41 Å². The van der Waals surface area contributed by atoms with Gasteiger partial charge in [0.15, 0.2) is 0 Å². The van der Waals surface area contributed by atoms with Crippen molar-refractivity contribution in [2.75, 3.05) is 13.2 Å². The molecule has 2 heteroatoms. The minimum Gasteiger partial charge on any atom is -0.494 e. The normalized spacial score (nSPS) is 20.7. The average Bonchev–Trinajstić information content (AvgIpc) is 3.15. The smallest absolute Gasteiger partial charge is 0.119 e. The van der Waals surface area contributed by atoms with Crippen LogP contribution in [0.4, 0.5) is 0 Å². The van der Waals surface area contributed by atoms with E-state index in [1.807, 2.05) is 6.92 Å². The van der Waals surface area contributed by atoms with Gasteiger partial charge in [-0.3, -0.25) is 0 Å². The molecule has 0 spiro atoms. The molecule has 2 aliphatic rings. The van der Waals surface area contributed by atoms with Crippen LogP contribution in [0.25, 0.3) is 0 Å². The third-order valence-electron chi connectivity index (χ3n) is 4.27. The summed E-state index contributed by atoms with van der Waals surface area (Å²) in [6.45, 7) is 3.85. The van der Waals surface area contributed by atoms with Crippen LogP contribution in [0.5, 0.6) is 5.75 Å². The van der Waals surface area contributed by atoms with Crippen LogP contribution in [-0.2, 0) is 5.41 Å². The first-order valence-corrected chi connectivity index (χ1v) is 7.44. The van der Waals surface area contributed by atoms with Crippen LogP contribution in [-0.4, -0.2) is 19.2 Å². The number of rotatable bonds is 6. The second-order valence-electron chi connectivity index (χ2n) is 5.77. The molecule has 102 valence electrons. The van der Waals surface area contributed by atoms with E-state index >= 15 is 0 Å². The number of hydrogen-bond acceptors (Lipinski definition) is 2. The van der Waals surface area contributed by atoms with Crippen LogP contribution in [0.2, 0.25) is 0 Å². The summed E-state index contributed by atoms with van der Waals surface area (Å²) >= 11 is 0. The highest BCUT2D eigenvalue weighted by Gasteiger charge is 2.34. The monoisotopic (exact) mass is 257 g/mol. The van der Waals surface area contributed by atoms with Gasteiger partial charge in [0.25, 0.3) is 0 Å². The Balaban J connectivity index is 1.74. The number of ether oxygens (including phenoxy) is 1. The number of benzene rings is 1. The molecule has 0 aliphatic heterocycles. The Morgan fingerprint density at radius 1 is 1.16 bits per heavy atom. The molecule has 3 rings (SSSR count). The van der Waals surface area contributed by atoms with E-state index in [0.29, 0.717) is 0 Å². The summed E-state index contributed by atoms with van der Waals surface area (Å²) in [6.07, 6.45) is 9.66. The molecule has 1 N–H and O–H groups in total. The quantitative estimate of drug-likeness (QED) is 0.788. The summed E-state index contributed by atoms with van der Waals surface area (Å²) in [7, 11) is 0. The van der Waals surface area contributed by atoms with Gasteiger partial charge in [0.05, 0.1) is 6.61 Å². The van der Waals surface area contributed by atoms with E-state index in [1.54, 1.807) is 0 Å². The maximum atomic E-state index is 5.53. The molecule has 1 aromatic rings. The maximum absolute atomic E-state index is 5.53. The third-order valence-corrected chi connectivity index (χ3v) is 4.27. The van der Waals surface area contributed by atoms with Gasteiger partial charge >= 0.3 is 0 Å². The van der Waals surface area contributed by atoms with Crippen LogP contribution in [0.3, 0.4) is 0 Å². The predicted octanol–water partition coefficient (Wildman–Crippen LogP) is 3.43. The van der Waals surface area contributed by atoms with E-state index in [1.165, 1.54) is 18.4 Å². The molecule has 1 saturated carbocycles. The predicted molar refractivity (Wildman–Crippen MR) is 78.7 cm³/mol. The molecular weight excluding hydrogens is 234 g/mol. The highest BCUT2D eigenvalue weighted by atomic mass is 16.5. The molecule has 0 aromatic heterocycles. The van der Waals surface area contributed by atoms with Crippen molar-refractivity contribution in [1.82, 2.24) is 5.32 Å². The first kappa shape index (κ1) is 12.7. The lowest BCUT2D eigenvalue weighted by molar-refractivity contribution is 0.339. The van der Waals surface area contributed by atoms with Crippen LogP contribution in [0.1, 0.15) is 38.2 Å². The molecule has 2 nitrogen and oxygen atoms in total. The first-order valence-electron chi connectivity index (χ1n) is 7.44. The van der Waals surface area contributed by atoms with Gasteiger partial charge in [0.1, 0.15) is 5.75 Å². The Morgan fingerprint density at radius 3 is 2.42 bits per heavy atom. The van der Waals surface area contributed by atoms with Gasteiger partial charge in [-0.1, -0.05) is 24.3 Å². The Morgan fingerprint density at radius 2 is 1.84 bits per heavy atom. The van der Waals surface area contributed by atoms with E-state index in [2.05, 4.69) is 41.7 Å². The van der Waals surface area contributed by atoms with Crippen LogP contribution < -0.4 is 10.1 Å². The van der Waals surface area contributed by atoms with Crippen molar-refractivity contribution in [3.05, 3.63) is 42.0 Å². The van der Waals surface area contributed by atoms with Crippen molar-refractivity contribution in [3.63, 3.8) is 0 Å². The molecule has 2 aliphatic carbocycles. The second kappa shape index (κ2) is 5.38. The summed E-state index contributed by atoms with van der Waals surface area (Å²) < 4.78 is 5.53. The van der Waals surface area contributed by atoms with Gasteiger partial charge < -0.3 is 10.1 Å². The molecule has 0 radical (unpaired) electrons. The maximum Gasteiger partial charge on any atom is 0.119 e. The van der Waals surface area contributed by atoms with Gasteiger partial charge in [0, 0.05) is 18.0 Å². The summed E-state index contributed by atoms with van der Waals surface area (Å²) in [5.41, 5.74) is 1.71. The van der Waals surface area contributed by atoms with Crippen LogP contribution in [0, 0.1) is 0 Å². The van der Waals surface area contributed by atoms with Gasteiger partial charge in [-0.2, -0.15) is 0 Å².